The summed E-state index contributed by atoms with van der Waals surface area (Å²) in [6.45, 7) is 5.45. The van der Waals surface area contributed by atoms with E-state index in [9.17, 15) is 31.2 Å². The molecule has 0 spiro atoms. The first-order valence-corrected chi connectivity index (χ1v) is 7.70. The second-order valence-corrected chi connectivity index (χ2v) is 5.84. The first kappa shape index (κ1) is 21.1. The maximum Gasteiger partial charge on any atom is 0.511 e. The first-order chi connectivity index (χ1) is 10.5. The van der Waals surface area contributed by atoms with Crippen LogP contribution in [0.2, 0.25) is 0 Å². The van der Waals surface area contributed by atoms with Gasteiger partial charge in [-0.3, -0.25) is 0 Å². The molecule has 0 aliphatic heterocycles. The van der Waals surface area contributed by atoms with Gasteiger partial charge in [0.15, 0.2) is 0 Å². The fourth-order valence-electron chi connectivity index (χ4n) is 1.24. The monoisotopic (exact) mass is 359 g/mol. The lowest BCUT2D eigenvalue weighted by Gasteiger charge is -2.17. The minimum absolute atomic E-state index is 0.0373. The van der Waals surface area contributed by atoms with Crippen LogP contribution >= 0.6 is 0 Å². The molecule has 11 heteroatoms. The van der Waals surface area contributed by atoms with E-state index in [1.165, 1.54) is 4.72 Å². The SMILES string of the molecule is C=CC(=O)OCC(CCCNS(=O)(=O)C(F)(F)F)OC(=O)C=C. The van der Waals surface area contributed by atoms with Crippen LogP contribution in [0.3, 0.4) is 0 Å². The second kappa shape index (κ2) is 9.30. The molecule has 0 bridgehead atoms. The van der Waals surface area contributed by atoms with Crippen molar-refractivity contribution in [1.82, 2.24) is 4.72 Å². The predicted octanol–water partition coefficient (Wildman–Crippen LogP) is 1.03. The summed E-state index contributed by atoms with van der Waals surface area (Å²) in [7, 11) is -5.43. The van der Waals surface area contributed by atoms with E-state index in [0.717, 1.165) is 12.2 Å². The standard InChI is InChI=1S/C12H16F3NO6S/c1-3-10(17)21-8-9(22-11(18)4-2)6-5-7-16-23(19,20)12(13,14)15/h3-4,9,16H,1-2,5-8H2. The van der Waals surface area contributed by atoms with E-state index in [4.69, 9.17) is 4.74 Å². The zero-order valence-corrected chi connectivity index (χ0v) is 12.8. The molecule has 0 aromatic carbocycles. The van der Waals surface area contributed by atoms with Gasteiger partial charge in [0.1, 0.15) is 12.7 Å². The Morgan fingerprint density at radius 3 is 2.22 bits per heavy atom. The molecule has 0 aliphatic rings. The van der Waals surface area contributed by atoms with E-state index in [-0.39, 0.29) is 19.4 Å². The Kier molecular flexibility index (Phi) is 8.54. The third-order valence-electron chi connectivity index (χ3n) is 2.33. The largest absolute Gasteiger partial charge is 0.511 e. The Hall–Kier alpha value is -1.88. The van der Waals surface area contributed by atoms with Gasteiger partial charge in [0.05, 0.1) is 0 Å². The molecule has 0 aliphatic carbocycles. The van der Waals surface area contributed by atoms with E-state index in [0.29, 0.717) is 0 Å². The van der Waals surface area contributed by atoms with Crippen molar-refractivity contribution in [2.24, 2.45) is 0 Å². The van der Waals surface area contributed by atoms with Gasteiger partial charge in [-0.15, -0.1) is 0 Å². The van der Waals surface area contributed by atoms with Crippen LogP contribution in [0.5, 0.6) is 0 Å². The molecule has 23 heavy (non-hydrogen) atoms. The minimum Gasteiger partial charge on any atom is -0.459 e. The van der Waals surface area contributed by atoms with Crippen LogP contribution in [0.25, 0.3) is 0 Å². The van der Waals surface area contributed by atoms with Crippen LogP contribution in [0.15, 0.2) is 25.3 Å². The number of sulfonamides is 1. The fourth-order valence-corrected chi connectivity index (χ4v) is 1.82. The van der Waals surface area contributed by atoms with Gasteiger partial charge in [-0.2, -0.15) is 13.2 Å². The summed E-state index contributed by atoms with van der Waals surface area (Å²) in [6.07, 6.45) is 0.652. The molecule has 0 heterocycles. The number of ether oxygens (including phenoxy) is 2. The summed E-state index contributed by atoms with van der Waals surface area (Å²) >= 11 is 0. The summed E-state index contributed by atoms with van der Waals surface area (Å²) < 4.78 is 68.6. The van der Waals surface area contributed by atoms with E-state index in [1.54, 1.807) is 0 Å². The third kappa shape index (κ3) is 8.35. The van der Waals surface area contributed by atoms with E-state index in [1.807, 2.05) is 0 Å². The number of alkyl halides is 3. The van der Waals surface area contributed by atoms with Gasteiger partial charge < -0.3 is 9.47 Å². The number of halogens is 3. The number of esters is 2. The quantitative estimate of drug-likeness (QED) is 0.355. The molecule has 7 nitrogen and oxygen atoms in total. The van der Waals surface area contributed by atoms with Crippen molar-refractivity contribution < 1.29 is 40.7 Å². The Morgan fingerprint density at radius 1 is 1.17 bits per heavy atom. The number of hydrogen-bond acceptors (Lipinski definition) is 6. The molecule has 0 aromatic heterocycles. The van der Waals surface area contributed by atoms with E-state index < -0.39 is 40.1 Å². The molecule has 1 N–H and O–H groups in total. The van der Waals surface area contributed by atoms with Crippen LogP contribution < -0.4 is 4.72 Å². The van der Waals surface area contributed by atoms with Crippen molar-refractivity contribution in [3.63, 3.8) is 0 Å². The summed E-state index contributed by atoms with van der Waals surface area (Å²) in [5.41, 5.74) is -5.40. The maximum absolute atomic E-state index is 12.1. The average Bonchev–Trinajstić information content (AvgIpc) is 2.46. The number of rotatable bonds is 10. The summed E-state index contributed by atoms with van der Waals surface area (Å²) in [5.74, 6) is -1.59. The van der Waals surface area contributed by atoms with Gasteiger partial charge >= 0.3 is 27.5 Å². The van der Waals surface area contributed by atoms with E-state index >= 15 is 0 Å². The molecular weight excluding hydrogens is 343 g/mol. The number of nitrogens with one attached hydrogen (secondary N) is 1. The highest BCUT2D eigenvalue weighted by Gasteiger charge is 2.45. The lowest BCUT2D eigenvalue weighted by Crippen LogP contribution is -2.37. The van der Waals surface area contributed by atoms with Crippen molar-refractivity contribution in [2.75, 3.05) is 13.2 Å². The zero-order valence-electron chi connectivity index (χ0n) is 12.0. The number of hydrogen-bond donors (Lipinski definition) is 1. The summed E-state index contributed by atoms with van der Waals surface area (Å²) in [5, 5.41) is 0. The van der Waals surface area contributed by atoms with Crippen LogP contribution in [0.1, 0.15) is 12.8 Å². The van der Waals surface area contributed by atoms with E-state index in [2.05, 4.69) is 17.9 Å². The number of carbonyl (C=O) groups excluding carboxylic acids is 2. The predicted molar refractivity (Wildman–Crippen MR) is 73.4 cm³/mol. The molecule has 0 fully saturated rings. The van der Waals surface area contributed by atoms with Gasteiger partial charge in [0, 0.05) is 18.7 Å². The number of carbonyl (C=O) groups is 2. The molecule has 132 valence electrons. The Labute approximate surface area is 131 Å². The molecular formula is C12H16F3NO6S. The van der Waals surface area contributed by atoms with Crippen molar-refractivity contribution in [2.45, 2.75) is 24.5 Å². The highest BCUT2D eigenvalue weighted by Crippen LogP contribution is 2.21. The van der Waals surface area contributed by atoms with Gasteiger partial charge in [0.2, 0.25) is 0 Å². The molecule has 0 amide bonds. The summed E-state index contributed by atoms with van der Waals surface area (Å²) in [4.78, 5) is 22.0. The van der Waals surface area contributed by atoms with Gasteiger partial charge in [-0.05, 0) is 12.8 Å². The second-order valence-electron chi connectivity index (χ2n) is 4.08. The highest BCUT2D eigenvalue weighted by molar-refractivity contribution is 7.90. The normalized spacial score (nSPS) is 13.0. The van der Waals surface area contributed by atoms with Gasteiger partial charge in [-0.1, -0.05) is 13.2 Å². The molecule has 0 saturated heterocycles. The Bertz CT molecular complexity index is 543. The van der Waals surface area contributed by atoms with Crippen LogP contribution in [0, 0.1) is 0 Å². The van der Waals surface area contributed by atoms with Crippen molar-refractivity contribution in [3.05, 3.63) is 25.3 Å². The molecule has 0 radical (unpaired) electrons. The smallest absolute Gasteiger partial charge is 0.459 e. The Balaban J connectivity index is 4.43. The van der Waals surface area contributed by atoms with Gasteiger partial charge in [0.25, 0.3) is 0 Å². The van der Waals surface area contributed by atoms with Crippen molar-refractivity contribution in [1.29, 1.82) is 0 Å². The molecule has 0 rings (SSSR count). The van der Waals surface area contributed by atoms with Crippen molar-refractivity contribution in [3.8, 4) is 0 Å². The molecule has 0 saturated carbocycles. The fraction of sp³-hybridized carbons (Fsp3) is 0.500. The highest BCUT2D eigenvalue weighted by atomic mass is 32.2. The lowest BCUT2D eigenvalue weighted by molar-refractivity contribution is -0.153. The zero-order chi connectivity index (χ0) is 18.1. The van der Waals surface area contributed by atoms with Crippen LogP contribution in [-0.2, 0) is 29.1 Å². The Morgan fingerprint density at radius 2 is 1.74 bits per heavy atom. The minimum atomic E-state index is -5.43. The lowest BCUT2D eigenvalue weighted by atomic mass is 10.2. The molecule has 0 aromatic rings. The average molecular weight is 359 g/mol. The van der Waals surface area contributed by atoms with Gasteiger partial charge in [-0.25, -0.2) is 22.7 Å². The molecule has 1 atom stereocenters. The first-order valence-electron chi connectivity index (χ1n) is 6.21. The maximum atomic E-state index is 12.1. The third-order valence-corrected chi connectivity index (χ3v) is 3.52. The van der Waals surface area contributed by atoms with Crippen LogP contribution in [0.4, 0.5) is 13.2 Å². The topological polar surface area (TPSA) is 98.8 Å². The molecule has 1 unspecified atom stereocenters. The summed E-state index contributed by atoms with van der Waals surface area (Å²) in [6, 6.07) is 0. The van der Waals surface area contributed by atoms with Crippen LogP contribution in [-0.4, -0.2) is 45.1 Å². The van der Waals surface area contributed by atoms with Crippen molar-refractivity contribution >= 4 is 22.0 Å².